The molecule has 156 valence electrons. The van der Waals surface area contributed by atoms with Gasteiger partial charge in [0.25, 0.3) is 0 Å². The number of aromatic nitrogens is 4. The molecule has 0 spiro atoms. The van der Waals surface area contributed by atoms with Gasteiger partial charge in [0.1, 0.15) is 5.82 Å². The van der Waals surface area contributed by atoms with Gasteiger partial charge < -0.3 is 15.2 Å². The molecule has 29 heavy (non-hydrogen) atoms. The van der Waals surface area contributed by atoms with Crippen molar-refractivity contribution in [2.24, 2.45) is 0 Å². The third-order valence-electron chi connectivity index (χ3n) is 4.88. The first kappa shape index (κ1) is 22.9. The standard InChI is InChI=1S/C20H24N6O.2ClH/c1-15-22-9-10-25(15)19-5-3-2-4-16(19)13-23-20(27)7-6-17-12-18-14-21-8-11-26(18)24-17;;/h2-5,9-10,12,21H,6-8,11,13-14H2,1H3,(H,23,27);2*1H. The first-order valence-corrected chi connectivity index (χ1v) is 9.32. The number of hydrogen-bond acceptors (Lipinski definition) is 4. The molecule has 0 atom stereocenters. The minimum atomic E-state index is 0. The SMILES string of the molecule is Cc1nccn1-c1ccccc1CNC(=O)CCc1cc2n(n1)CCNC2.Cl.Cl. The lowest BCUT2D eigenvalue weighted by molar-refractivity contribution is -0.121. The molecule has 3 aromatic rings. The monoisotopic (exact) mass is 436 g/mol. The Kier molecular flexibility index (Phi) is 8.25. The number of amides is 1. The summed E-state index contributed by atoms with van der Waals surface area (Å²) in [5.41, 5.74) is 4.29. The van der Waals surface area contributed by atoms with Crippen LogP contribution in [0, 0.1) is 6.92 Å². The fourth-order valence-electron chi connectivity index (χ4n) is 3.43. The number of rotatable bonds is 6. The van der Waals surface area contributed by atoms with Crippen molar-refractivity contribution in [3.05, 3.63) is 65.5 Å². The lowest BCUT2D eigenvalue weighted by atomic mass is 10.1. The van der Waals surface area contributed by atoms with Crippen molar-refractivity contribution in [1.82, 2.24) is 30.0 Å². The number of carbonyl (C=O) groups excluding carboxylic acids is 1. The first-order valence-electron chi connectivity index (χ1n) is 9.32. The quantitative estimate of drug-likeness (QED) is 0.622. The lowest BCUT2D eigenvalue weighted by Crippen LogP contribution is -2.28. The van der Waals surface area contributed by atoms with E-state index in [-0.39, 0.29) is 30.7 Å². The van der Waals surface area contributed by atoms with Crippen LogP contribution in [-0.2, 0) is 30.8 Å². The molecule has 1 amide bonds. The van der Waals surface area contributed by atoms with Crippen molar-refractivity contribution in [3.8, 4) is 5.69 Å². The Labute approximate surface area is 182 Å². The highest BCUT2D eigenvalue weighted by Gasteiger charge is 2.13. The van der Waals surface area contributed by atoms with Gasteiger partial charge in [0.05, 0.1) is 23.6 Å². The minimum Gasteiger partial charge on any atom is -0.352 e. The van der Waals surface area contributed by atoms with Crippen molar-refractivity contribution >= 4 is 30.7 Å². The number of para-hydroxylation sites is 1. The number of imidazole rings is 1. The van der Waals surface area contributed by atoms with Crippen molar-refractivity contribution in [1.29, 1.82) is 0 Å². The van der Waals surface area contributed by atoms with E-state index in [0.29, 0.717) is 19.4 Å². The summed E-state index contributed by atoms with van der Waals surface area (Å²) in [5, 5.41) is 10.9. The maximum Gasteiger partial charge on any atom is 0.220 e. The number of aryl methyl sites for hydroxylation is 2. The van der Waals surface area contributed by atoms with Crippen molar-refractivity contribution < 1.29 is 4.79 Å². The van der Waals surface area contributed by atoms with Crippen LogP contribution < -0.4 is 10.6 Å². The Bertz CT molecular complexity index is 929. The first-order chi connectivity index (χ1) is 13.2. The number of benzene rings is 1. The smallest absolute Gasteiger partial charge is 0.220 e. The summed E-state index contributed by atoms with van der Waals surface area (Å²) in [5.74, 6) is 0.961. The van der Waals surface area contributed by atoms with Gasteiger partial charge in [-0.05, 0) is 24.6 Å². The molecule has 4 rings (SSSR count). The largest absolute Gasteiger partial charge is 0.352 e. The molecule has 0 unspecified atom stereocenters. The van der Waals surface area contributed by atoms with Crippen LogP contribution in [0.15, 0.2) is 42.7 Å². The fraction of sp³-hybridized carbons (Fsp3) is 0.350. The van der Waals surface area contributed by atoms with Crippen molar-refractivity contribution in [2.45, 2.75) is 39.4 Å². The zero-order valence-electron chi connectivity index (χ0n) is 16.3. The van der Waals surface area contributed by atoms with Crippen molar-refractivity contribution in [3.63, 3.8) is 0 Å². The molecule has 0 saturated heterocycles. The van der Waals surface area contributed by atoms with E-state index >= 15 is 0 Å². The van der Waals surface area contributed by atoms with Crippen LogP contribution >= 0.6 is 24.8 Å². The fourth-order valence-corrected chi connectivity index (χ4v) is 3.43. The molecule has 0 bridgehead atoms. The van der Waals surface area contributed by atoms with Gasteiger partial charge in [-0.15, -0.1) is 24.8 Å². The summed E-state index contributed by atoms with van der Waals surface area (Å²) in [6.07, 6.45) is 4.82. The van der Waals surface area contributed by atoms with Gasteiger partial charge >= 0.3 is 0 Å². The molecule has 2 aromatic heterocycles. The molecule has 1 aliphatic rings. The number of fused-ring (bicyclic) bond motifs is 1. The Morgan fingerprint density at radius 3 is 2.86 bits per heavy atom. The normalized spacial score (nSPS) is 12.4. The third kappa shape index (κ3) is 5.38. The third-order valence-corrected chi connectivity index (χ3v) is 4.88. The van der Waals surface area contributed by atoms with Gasteiger partial charge in [-0.25, -0.2) is 4.98 Å². The molecule has 3 heterocycles. The van der Waals surface area contributed by atoms with Gasteiger partial charge in [-0.3, -0.25) is 9.48 Å². The maximum atomic E-state index is 12.3. The number of hydrogen-bond donors (Lipinski definition) is 2. The summed E-state index contributed by atoms with van der Waals surface area (Å²) >= 11 is 0. The Morgan fingerprint density at radius 2 is 2.10 bits per heavy atom. The molecule has 2 N–H and O–H groups in total. The molecule has 9 heteroatoms. The van der Waals surface area contributed by atoms with Gasteiger partial charge in [0.15, 0.2) is 0 Å². The van der Waals surface area contributed by atoms with Crippen LogP contribution in [0.1, 0.15) is 29.2 Å². The maximum absolute atomic E-state index is 12.3. The highest BCUT2D eigenvalue weighted by Crippen LogP contribution is 2.16. The van der Waals surface area contributed by atoms with Gasteiger partial charge in [-0.2, -0.15) is 5.10 Å². The van der Waals surface area contributed by atoms with E-state index in [1.807, 2.05) is 46.6 Å². The van der Waals surface area contributed by atoms with Gasteiger partial charge in [0.2, 0.25) is 5.91 Å². The molecule has 0 radical (unpaired) electrons. The topological polar surface area (TPSA) is 76.8 Å². The van der Waals surface area contributed by atoms with E-state index in [1.54, 1.807) is 6.20 Å². The van der Waals surface area contributed by atoms with E-state index in [4.69, 9.17) is 0 Å². The zero-order valence-corrected chi connectivity index (χ0v) is 17.9. The second-order valence-electron chi connectivity index (χ2n) is 6.78. The van der Waals surface area contributed by atoms with E-state index in [9.17, 15) is 4.79 Å². The van der Waals surface area contributed by atoms with Crippen molar-refractivity contribution in [2.75, 3.05) is 6.54 Å². The molecule has 0 aliphatic carbocycles. The number of nitrogens with zero attached hydrogens (tertiary/aromatic N) is 4. The molecule has 7 nitrogen and oxygen atoms in total. The number of nitrogens with one attached hydrogen (secondary N) is 2. The highest BCUT2D eigenvalue weighted by atomic mass is 35.5. The van der Waals surface area contributed by atoms with Crippen LogP contribution in [0.5, 0.6) is 0 Å². The average molecular weight is 437 g/mol. The number of carbonyl (C=O) groups is 1. The summed E-state index contributed by atoms with van der Waals surface area (Å²) in [6, 6.07) is 10.2. The van der Waals surface area contributed by atoms with E-state index < -0.39 is 0 Å². The number of halogens is 2. The molecule has 0 fully saturated rings. The zero-order chi connectivity index (χ0) is 18.6. The average Bonchev–Trinajstić information content (AvgIpc) is 3.30. The second kappa shape index (κ2) is 10.4. The van der Waals surface area contributed by atoms with Crippen LogP contribution in [0.2, 0.25) is 0 Å². The molecular formula is C20H26Cl2N6O. The highest BCUT2D eigenvalue weighted by molar-refractivity contribution is 5.85. The summed E-state index contributed by atoms with van der Waals surface area (Å²) in [7, 11) is 0. The lowest BCUT2D eigenvalue weighted by Gasteiger charge is -2.13. The predicted molar refractivity (Wildman–Crippen MR) is 117 cm³/mol. The van der Waals surface area contributed by atoms with Gasteiger partial charge in [0, 0.05) is 44.9 Å². The van der Waals surface area contributed by atoms with Crippen LogP contribution in [0.25, 0.3) is 5.69 Å². The summed E-state index contributed by atoms with van der Waals surface area (Å²) in [6.45, 7) is 5.16. The predicted octanol–water partition coefficient (Wildman–Crippen LogP) is 2.57. The van der Waals surface area contributed by atoms with E-state index in [0.717, 1.165) is 42.4 Å². The van der Waals surface area contributed by atoms with Gasteiger partial charge in [-0.1, -0.05) is 18.2 Å². The molecule has 0 saturated carbocycles. The molecule has 1 aliphatic heterocycles. The van der Waals surface area contributed by atoms with E-state index in [1.165, 1.54) is 5.69 Å². The van der Waals surface area contributed by atoms with Crippen LogP contribution in [0.3, 0.4) is 0 Å². The summed E-state index contributed by atoms with van der Waals surface area (Å²) in [4.78, 5) is 16.6. The Balaban J connectivity index is 0.00000150. The van der Waals surface area contributed by atoms with Crippen LogP contribution in [0.4, 0.5) is 0 Å². The second-order valence-corrected chi connectivity index (χ2v) is 6.78. The molecular weight excluding hydrogens is 411 g/mol. The van der Waals surface area contributed by atoms with E-state index in [2.05, 4.69) is 26.8 Å². The van der Waals surface area contributed by atoms with Crippen LogP contribution in [-0.4, -0.2) is 31.8 Å². The minimum absolute atomic E-state index is 0. The Morgan fingerprint density at radius 1 is 1.28 bits per heavy atom. The molecule has 1 aromatic carbocycles. The summed E-state index contributed by atoms with van der Waals surface area (Å²) < 4.78 is 4.07. The Hall–Kier alpha value is -2.35.